The Bertz CT molecular complexity index is 540. The number of thiophene rings is 1. The van der Waals surface area contributed by atoms with Crippen LogP contribution in [0.15, 0.2) is 30.3 Å². The van der Waals surface area contributed by atoms with Crippen molar-refractivity contribution in [3.05, 3.63) is 50.9 Å². The van der Waals surface area contributed by atoms with Gasteiger partial charge in [0.25, 0.3) is 0 Å². The van der Waals surface area contributed by atoms with Gasteiger partial charge in [-0.05, 0) is 31.2 Å². The maximum absolute atomic E-state index is 13.2. The van der Waals surface area contributed by atoms with Crippen LogP contribution in [0, 0.1) is 5.82 Å². The van der Waals surface area contributed by atoms with Crippen LogP contribution in [0.5, 0.6) is 5.75 Å². The third-order valence-electron chi connectivity index (χ3n) is 2.42. The normalized spacial score (nSPS) is 12.4. The first-order valence-electron chi connectivity index (χ1n) is 5.41. The minimum absolute atomic E-state index is 0.306. The number of halogens is 2. The second-order valence-electron chi connectivity index (χ2n) is 3.85. The van der Waals surface area contributed by atoms with Crippen molar-refractivity contribution in [3.8, 4) is 5.75 Å². The fourth-order valence-electron chi connectivity index (χ4n) is 1.56. The molecule has 0 saturated heterocycles. The number of aliphatic hydroxyl groups is 1. The van der Waals surface area contributed by atoms with Crippen molar-refractivity contribution in [2.45, 2.75) is 19.6 Å². The van der Waals surface area contributed by atoms with Gasteiger partial charge in [0.15, 0.2) is 0 Å². The lowest BCUT2D eigenvalue weighted by atomic mass is 10.1. The van der Waals surface area contributed by atoms with Gasteiger partial charge in [0.05, 0.1) is 10.4 Å². The highest BCUT2D eigenvalue weighted by atomic mass is 35.5. The first-order valence-corrected chi connectivity index (χ1v) is 6.60. The molecule has 1 heterocycles. The highest BCUT2D eigenvalue weighted by molar-refractivity contribution is 7.16. The average Bonchev–Trinajstić information content (AvgIpc) is 2.72. The predicted molar refractivity (Wildman–Crippen MR) is 70.7 cm³/mol. The van der Waals surface area contributed by atoms with Crippen LogP contribution in [-0.2, 0) is 6.61 Å². The Hall–Kier alpha value is -1.10. The Morgan fingerprint density at radius 2 is 2.17 bits per heavy atom. The number of benzene rings is 1. The molecule has 0 fully saturated rings. The Morgan fingerprint density at radius 1 is 1.39 bits per heavy atom. The molecule has 0 spiro atoms. The van der Waals surface area contributed by atoms with Crippen LogP contribution in [0.1, 0.15) is 23.5 Å². The van der Waals surface area contributed by atoms with Crippen molar-refractivity contribution in [3.63, 3.8) is 0 Å². The molecule has 2 nitrogen and oxygen atoms in total. The Labute approximate surface area is 114 Å². The van der Waals surface area contributed by atoms with Crippen LogP contribution < -0.4 is 4.74 Å². The Balaban J connectivity index is 2.15. The number of aliphatic hydroxyl groups excluding tert-OH is 1. The zero-order valence-electron chi connectivity index (χ0n) is 9.69. The molecule has 0 radical (unpaired) electrons. The van der Waals surface area contributed by atoms with Gasteiger partial charge >= 0.3 is 0 Å². The van der Waals surface area contributed by atoms with Crippen molar-refractivity contribution in [2.75, 3.05) is 0 Å². The summed E-state index contributed by atoms with van der Waals surface area (Å²) in [5, 5.41) is 9.58. The van der Waals surface area contributed by atoms with Crippen molar-refractivity contribution >= 4 is 22.9 Å². The van der Waals surface area contributed by atoms with Gasteiger partial charge in [-0.3, -0.25) is 0 Å². The molecule has 0 aliphatic carbocycles. The number of hydrogen-bond acceptors (Lipinski definition) is 3. The molecule has 1 atom stereocenters. The summed E-state index contributed by atoms with van der Waals surface area (Å²) in [6.07, 6.45) is -0.701. The van der Waals surface area contributed by atoms with Crippen molar-refractivity contribution in [1.29, 1.82) is 0 Å². The van der Waals surface area contributed by atoms with E-state index in [2.05, 4.69) is 0 Å². The number of rotatable bonds is 4. The van der Waals surface area contributed by atoms with E-state index in [1.165, 1.54) is 29.5 Å². The molecule has 0 bridgehead atoms. The van der Waals surface area contributed by atoms with Crippen LogP contribution in [0.2, 0.25) is 4.34 Å². The predicted octanol–water partition coefficient (Wildman–Crippen LogP) is 4.17. The van der Waals surface area contributed by atoms with E-state index in [1.807, 2.05) is 6.07 Å². The van der Waals surface area contributed by atoms with E-state index in [0.717, 1.165) is 4.88 Å². The first kappa shape index (κ1) is 13.3. The lowest BCUT2D eigenvalue weighted by molar-refractivity contribution is 0.190. The van der Waals surface area contributed by atoms with E-state index < -0.39 is 11.9 Å². The van der Waals surface area contributed by atoms with Crippen LogP contribution in [0.3, 0.4) is 0 Å². The minimum Gasteiger partial charge on any atom is -0.488 e. The van der Waals surface area contributed by atoms with E-state index >= 15 is 0 Å². The van der Waals surface area contributed by atoms with Gasteiger partial charge in [-0.25, -0.2) is 4.39 Å². The summed E-state index contributed by atoms with van der Waals surface area (Å²) < 4.78 is 19.4. The highest BCUT2D eigenvalue weighted by Crippen LogP contribution is 2.28. The summed E-state index contributed by atoms with van der Waals surface area (Å²) in [7, 11) is 0. The minimum atomic E-state index is -0.701. The highest BCUT2D eigenvalue weighted by Gasteiger charge is 2.11. The van der Waals surface area contributed by atoms with Crippen LogP contribution >= 0.6 is 22.9 Å². The molecular weight excluding hydrogens is 275 g/mol. The molecular formula is C13H12ClFO2S. The first-order chi connectivity index (χ1) is 8.56. The largest absolute Gasteiger partial charge is 0.488 e. The second-order valence-corrected chi connectivity index (χ2v) is 5.65. The molecule has 1 N–H and O–H groups in total. The quantitative estimate of drug-likeness (QED) is 0.914. The molecule has 5 heteroatoms. The average molecular weight is 287 g/mol. The van der Waals surface area contributed by atoms with Crippen molar-refractivity contribution < 1.29 is 14.2 Å². The fourth-order valence-corrected chi connectivity index (χ4v) is 2.56. The standard InChI is InChI=1S/C13H12ClFO2S/c1-8(16)11-4-2-9(15)6-12(11)17-7-10-3-5-13(14)18-10/h2-6,8,16H,7H2,1H3/t8-/m0/s1. The summed E-state index contributed by atoms with van der Waals surface area (Å²) in [4.78, 5) is 0.945. The summed E-state index contributed by atoms with van der Waals surface area (Å²) in [6.45, 7) is 1.92. The van der Waals surface area contributed by atoms with E-state index in [9.17, 15) is 9.50 Å². The van der Waals surface area contributed by atoms with Gasteiger partial charge in [-0.1, -0.05) is 11.6 Å². The summed E-state index contributed by atoms with van der Waals surface area (Å²) in [6, 6.07) is 7.74. The molecule has 1 aromatic heterocycles. The maximum Gasteiger partial charge on any atom is 0.128 e. The topological polar surface area (TPSA) is 29.5 Å². The van der Waals surface area contributed by atoms with Gasteiger partial charge in [-0.2, -0.15) is 0 Å². The zero-order valence-corrected chi connectivity index (χ0v) is 11.3. The summed E-state index contributed by atoms with van der Waals surface area (Å²) >= 11 is 7.22. The summed E-state index contributed by atoms with van der Waals surface area (Å²) in [5.74, 6) is -0.0341. The number of hydrogen-bond donors (Lipinski definition) is 1. The molecule has 1 aromatic carbocycles. The SMILES string of the molecule is C[C@H](O)c1ccc(F)cc1OCc1ccc(Cl)s1. The molecule has 18 heavy (non-hydrogen) atoms. The summed E-state index contributed by atoms with van der Waals surface area (Å²) in [5.41, 5.74) is 0.569. The second kappa shape index (κ2) is 5.69. The van der Waals surface area contributed by atoms with Gasteiger partial charge in [0.2, 0.25) is 0 Å². The number of ether oxygens (including phenoxy) is 1. The molecule has 0 unspecified atom stereocenters. The Kier molecular flexibility index (Phi) is 4.22. The molecule has 0 aliphatic rings. The molecule has 96 valence electrons. The van der Waals surface area contributed by atoms with Crippen LogP contribution in [0.4, 0.5) is 4.39 Å². The maximum atomic E-state index is 13.2. The molecule has 2 rings (SSSR count). The van der Waals surface area contributed by atoms with Crippen LogP contribution in [-0.4, -0.2) is 5.11 Å². The van der Waals surface area contributed by atoms with Crippen molar-refractivity contribution in [1.82, 2.24) is 0 Å². The van der Waals surface area contributed by atoms with Gasteiger partial charge in [0, 0.05) is 16.5 Å². The lowest BCUT2D eigenvalue weighted by Gasteiger charge is -2.12. The molecule has 2 aromatic rings. The Morgan fingerprint density at radius 3 is 2.78 bits per heavy atom. The van der Waals surface area contributed by atoms with E-state index in [0.29, 0.717) is 22.3 Å². The van der Waals surface area contributed by atoms with Gasteiger partial charge in [0.1, 0.15) is 18.2 Å². The smallest absolute Gasteiger partial charge is 0.128 e. The van der Waals surface area contributed by atoms with Gasteiger partial charge < -0.3 is 9.84 Å². The lowest BCUT2D eigenvalue weighted by Crippen LogP contribution is -2.00. The zero-order chi connectivity index (χ0) is 13.1. The van der Waals surface area contributed by atoms with Gasteiger partial charge in [-0.15, -0.1) is 11.3 Å². The third kappa shape index (κ3) is 3.22. The van der Waals surface area contributed by atoms with Crippen molar-refractivity contribution in [2.24, 2.45) is 0 Å². The molecule has 0 saturated carbocycles. The van der Waals surface area contributed by atoms with E-state index in [4.69, 9.17) is 16.3 Å². The third-order valence-corrected chi connectivity index (χ3v) is 3.63. The fraction of sp³-hybridized carbons (Fsp3) is 0.231. The van der Waals surface area contributed by atoms with Crippen LogP contribution in [0.25, 0.3) is 0 Å². The molecule has 0 aliphatic heterocycles. The van der Waals surface area contributed by atoms with E-state index in [1.54, 1.807) is 13.0 Å². The monoisotopic (exact) mass is 286 g/mol. The van der Waals surface area contributed by atoms with E-state index in [-0.39, 0.29) is 0 Å². The molecule has 0 amide bonds.